The van der Waals surface area contributed by atoms with Gasteiger partial charge < -0.3 is 14.8 Å². The molecule has 7 heteroatoms. The van der Waals surface area contributed by atoms with Crippen LogP contribution in [0.3, 0.4) is 0 Å². The zero-order valence-corrected chi connectivity index (χ0v) is 15.1. The van der Waals surface area contributed by atoms with Crippen molar-refractivity contribution < 1.29 is 23.9 Å². The van der Waals surface area contributed by atoms with E-state index in [1.165, 1.54) is 7.11 Å². The summed E-state index contributed by atoms with van der Waals surface area (Å²) in [5.74, 6) is -1.43. The summed E-state index contributed by atoms with van der Waals surface area (Å²) in [5, 5.41) is 5.44. The van der Waals surface area contributed by atoms with Crippen molar-refractivity contribution in [3.05, 3.63) is 35.9 Å². The number of ether oxygens (including phenoxy) is 2. The maximum absolute atomic E-state index is 12.3. The predicted octanol–water partition coefficient (Wildman–Crippen LogP) is 1.02. The first-order chi connectivity index (χ1) is 11.8. The van der Waals surface area contributed by atoms with Crippen LogP contribution in [0.4, 0.5) is 0 Å². The minimum absolute atomic E-state index is 0.0720. The minimum Gasteiger partial charge on any atom is -0.468 e. The average Bonchev–Trinajstić information content (AvgIpc) is 2.59. The summed E-state index contributed by atoms with van der Waals surface area (Å²) in [6, 6.07) is 7.87. The summed E-state index contributed by atoms with van der Waals surface area (Å²) < 4.78 is 9.74. The van der Waals surface area contributed by atoms with Gasteiger partial charge in [-0.3, -0.25) is 14.9 Å². The summed E-state index contributed by atoms with van der Waals surface area (Å²) >= 11 is 0. The number of esters is 2. The standard InChI is InChI=1S/C18H26N2O5/c1-12(2)16(19-10-15(21)24-4)17(22)20-13(3)18(23)25-11-14-8-6-5-7-9-14/h5-9,12-13,16,19H,10-11H2,1-4H3,(H,20,22)/t13-,16-/m0/s1. The Morgan fingerprint density at radius 3 is 2.28 bits per heavy atom. The molecule has 0 aliphatic rings. The van der Waals surface area contributed by atoms with E-state index in [0.717, 1.165) is 5.56 Å². The van der Waals surface area contributed by atoms with Crippen LogP contribution in [0.1, 0.15) is 26.3 Å². The highest BCUT2D eigenvalue weighted by Gasteiger charge is 2.26. The van der Waals surface area contributed by atoms with E-state index in [4.69, 9.17) is 4.74 Å². The van der Waals surface area contributed by atoms with Gasteiger partial charge in [-0.2, -0.15) is 0 Å². The van der Waals surface area contributed by atoms with Crippen LogP contribution >= 0.6 is 0 Å². The SMILES string of the molecule is COC(=O)CN[C@H](C(=O)N[C@@H](C)C(=O)OCc1ccccc1)C(C)C. The molecule has 2 N–H and O–H groups in total. The maximum atomic E-state index is 12.3. The number of hydrogen-bond acceptors (Lipinski definition) is 6. The molecule has 0 radical (unpaired) electrons. The fraction of sp³-hybridized carbons (Fsp3) is 0.500. The molecule has 7 nitrogen and oxygen atoms in total. The molecule has 0 saturated carbocycles. The Hall–Kier alpha value is -2.41. The number of methoxy groups -OCH3 is 1. The summed E-state index contributed by atoms with van der Waals surface area (Å²) in [5.41, 5.74) is 0.870. The van der Waals surface area contributed by atoms with Crippen molar-refractivity contribution in [3.63, 3.8) is 0 Å². The molecule has 1 rings (SSSR count). The van der Waals surface area contributed by atoms with Crippen LogP contribution in [0, 0.1) is 5.92 Å². The van der Waals surface area contributed by atoms with E-state index in [-0.39, 0.29) is 25.0 Å². The van der Waals surface area contributed by atoms with Crippen LogP contribution in [0.2, 0.25) is 0 Å². The van der Waals surface area contributed by atoms with E-state index in [1.807, 2.05) is 44.2 Å². The number of rotatable bonds is 9. The third-order valence-corrected chi connectivity index (χ3v) is 3.58. The Morgan fingerprint density at radius 2 is 1.72 bits per heavy atom. The van der Waals surface area contributed by atoms with E-state index in [2.05, 4.69) is 15.4 Å². The molecule has 0 aliphatic heterocycles. The molecule has 25 heavy (non-hydrogen) atoms. The van der Waals surface area contributed by atoms with Crippen LogP contribution in [0.5, 0.6) is 0 Å². The van der Waals surface area contributed by atoms with Crippen molar-refractivity contribution in [1.82, 2.24) is 10.6 Å². The second-order valence-corrected chi connectivity index (χ2v) is 6.00. The summed E-state index contributed by atoms with van der Waals surface area (Å²) in [7, 11) is 1.28. The Bertz CT molecular complexity index is 574. The van der Waals surface area contributed by atoms with Crippen molar-refractivity contribution in [2.45, 2.75) is 39.5 Å². The van der Waals surface area contributed by atoms with Gasteiger partial charge in [0.15, 0.2) is 0 Å². The fourth-order valence-corrected chi connectivity index (χ4v) is 2.11. The van der Waals surface area contributed by atoms with E-state index in [9.17, 15) is 14.4 Å². The Labute approximate surface area is 148 Å². The largest absolute Gasteiger partial charge is 0.468 e. The molecule has 0 aromatic heterocycles. The van der Waals surface area contributed by atoms with E-state index in [0.29, 0.717) is 0 Å². The van der Waals surface area contributed by atoms with Gasteiger partial charge in [-0.15, -0.1) is 0 Å². The van der Waals surface area contributed by atoms with Crippen LogP contribution in [0.15, 0.2) is 30.3 Å². The van der Waals surface area contributed by atoms with Gasteiger partial charge in [-0.05, 0) is 18.4 Å². The molecule has 0 aliphatic carbocycles. The highest BCUT2D eigenvalue weighted by atomic mass is 16.5. The summed E-state index contributed by atoms with van der Waals surface area (Å²) in [4.78, 5) is 35.6. The number of carbonyl (C=O) groups is 3. The third kappa shape index (κ3) is 7.34. The molecule has 1 aromatic carbocycles. The van der Waals surface area contributed by atoms with Crippen LogP contribution in [-0.4, -0.2) is 43.6 Å². The van der Waals surface area contributed by atoms with Crippen molar-refractivity contribution >= 4 is 17.8 Å². The Balaban J connectivity index is 2.51. The predicted molar refractivity (Wildman–Crippen MR) is 92.5 cm³/mol. The van der Waals surface area contributed by atoms with Crippen LogP contribution in [0.25, 0.3) is 0 Å². The van der Waals surface area contributed by atoms with Crippen LogP contribution in [-0.2, 0) is 30.5 Å². The highest BCUT2D eigenvalue weighted by Crippen LogP contribution is 2.04. The highest BCUT2D eigenvalue weighted by molar-refractivity contribution is 5.87. The molecule has 2 atom stereocenters. The van der Waals surface area contributed by atoms with Crippen molar-refractivity contribution in [2.24, 2.45) is 5.92 Å². The number of benzene rings is 1. The smallest absolute Gasteiger partial charge is 0.328 e. The zero-order valence-electron chi connectivity index (χ0n) is 15.1. The molecule has 0 bridgehead atoms. The number of nitrogens with one attached hydrogen (secondary N) is 2. The van der Waals surface area contributed by atoms with E-state index >= 15 is 0 Å². The van der Waals surface area contributed by atoms with Gasteiger partial charge in [0.2, 0.25) is 5.91 Å². The minimum atomic E-state index is -0.794. The molecule has 0 fully saturated rings. The van der Waals surface area contributed by atoms with Gasteiger partial charge in [0.25, 0.3) is 0 Å². The van der Waals surface area contributed by atoms with Gasteiger partial charge in [0, 0.05) is 0 Å². The molecular formula is C18H26N2O5. The lowest BCUT2D eigenvalue weighted by Crippen LogP contribution is -2.52. The topological polar surface area (TPSA) is 93.7 Å². The number of carbonyl (C=O) groups excluding carboxylic acids is 3. The monoisotopic (exact) mass is 350 g/mol. The first kappa shape index (κ1) is 20.6. The molecule has 1 aromatic rings. The molecule has 0 spiro atoms. The zero-order chi connectivity index (χ0) is 18.8. The third-order valence-electron chi connectivity index (χ3n) is 3.58. The first-order valence-electron chi connectivity index (χ1n) is 8.16. The first-order valence-corrected chi connectivity index (χ1v) is 8.16. The lowest BCUT2D eigenvalue weighted by atomic mass is 10.0. The fourth-order valence-electron chi connectivity index (χ4n) is 2.11. The lowest BCUT2D eigenvalue weighted by Gasteiger charge is -2.23. The van der Waals surface area contributed by atoms with E-state index in [1.54, 1.807) is 6.92 Å². The van der Waals surface area contributed by atoms with Gasteiger partial charge in [0.05, 0.1) is 19.7 Å². The maximum Gasteiger partial charge on any atom is 0.328 e. The van der Waals surface area contributed by atoms with Gasteiger partial charge in [0.1, 0.15) is 12.6 Å². The number of amides is 1. The quantitative estimate of drug-likeness (QED) is 0.646. The normalized spacial score (nSPS) is 13.0. The second kappa shape index (κ2) is 10.5. The van der Waals surface area contributed by atoms with Gasteiger partial charge >= 0.3 is 11.9 Å². The molecule has 0 heterocycles. The number of hydrogen-bond donors (Lipinski definition) is 2. The molecule has 0 saturated heterocycles. The van der Waals surface area contributed by atoms with Gasteiger partial charge in [-0.25, -0.2) is 4.79 Å². The second-order valence-electron chi connectivity index (χ2n) is 6.00. The van der Waals surface area contributed by atoms with Crippen LogP contribution < -0.4 is 10.6 Å². The van der Waals surface area contributed by atoms with Crippen molar-refractivity contribution in [2.75, 3.05) is 13.7 Å². The molecular weight excluding hydrogens is 324 g/mol. The Morgan fingerprint density at radius 1 is 1.08 bits per heavy atom. The van der Waals surface area contributed by atoms with Crippen molar-refractivity contribution in [3.8, 4) is 0 Å². The summed E-state index contributed by atoms with van der Waals surface area (Å²) in [6.45, 7) is 5.30. The van der Waals surface area contributed by atoms with Gasteiger partial charge in [-0.1, -0.05) is 44.2 Å². The average molecular weight is 350 g/mol. The molecule has 0 unspecified atom stereocenters. The lowest BCUT2D eigenvalue weighted by molar-refractivity contribution is -0.149. The van der Waals surface area contributed by atoms with Crippen molar-refractivity contribution in [1.29, 1.82) is 0 Å². The summed E-state index contributed by atoms with van der Waals surface area (Å²) in [6.07, 6.45) is 0. The van der Waals surface area contributed by atoms with E-state index < -0.39 is 24.0 Å². The molecule has 138 valence electrons. The Kier molecular flexibility index (Phi) is 8.63. The molecule has 1 amide bonds.